The highest BCUT2D eigenvalue weighted by molar-refractivity contribution is 7.99. The van der Waals surface area contributed by atoms with E-state index >= 15 is 0 Å². The molecule has 0 aromatic heterocycles. The Morgan fingerprint density at radius 3 is 2.08 bits per heavy atom. The minimum absolute atomic E-state index is 0.0626. The van der Waals surface area contributed by atoms with Crippen LogP contribution in [0.2, 0.25) is 0 Å². The van der Waals surface area contributed by atoms with Crippen LogP contribution in [-0.2, 0) is 4.79 Å². The third kappa shape index (κ3) is 6.86. The fourth-order valence-electron chi connectivity index (χ4n) is 14.7. The van der Waals surface area contributed by atoms with Crippen LogP contribution in [0.4, 0.5) is 0 Å². The molecule has 0 spiro atoms. The number of hydrogen-bond acceptors (Lipinski definition) is 6. The van der Waals surface area contributed by atoms with E-state index in [1.54, 1.807) is 16.7 Å². The molecule has 4 nitrogen and oxygen atoms in total. The Bertz CT molecular complexity index is 1450. The first-order valence-corrected chi connectivity index (χ1v) is 24.7. The highest BCUT2D eigenvalue weighted by Gasteiger charge is 2.66. The molecule has 0 aromatic carbocycles. The number of carbonyl (C=O) groups excluding carboxylic acids is 1. The second-order valence-electron chi connectivity index (χ2n) is 20.6. The first-order chi connectivity index (χ1) is 25.4. The molecule has 6 aliphatic carbocycles. The van der Waals surface area contributed by atoms with Crippen LogP contribution >= 0.6 is 23.5 Å². The highest BCUT2D eigenvalue weighted by Crippen LogP contribution is 2.72. The number of Topliss-reactive ketones (excluding diaryl/α,β-unsaturated/α-hetero) is 1. The molecule has 2 aliphatic heterocycles. The number of hydrogen-bond donors (Lipinski definition) is 0. The van der Waals surface area contributed by atoms with Gasteiger partial charge in [-0.1, -0.05) is 60.6 Å². The van der Waals surface area contributed by atoms with E-state index in [1.807, 2.05) is 0 Å². The summed E-state index contributed by atoms with van der Waals surface area (Å²) in [5.41, 5.74) is 7.24. The molecule has 53 heavy (non-hydrogen) atoms. The topological polar surface area (TPSA) is 26.8 Å². The van der Waals surface area contributed by atoms with Gasteiger partial charge < -0.3 is 9.80 Å². The lowest BCUT2D eigenvalue weighted by Crippen LogP contribution is -2.63. The number of fused-ring (bicyclic) bond motifs is 7. The molecule has 8 atom stereocenters. The van der Waals surface area contributed by atoms with Crippen molar-refractivity contribution in [1.29, 1.82) is 0 Å². The van der Waals surface area contributed by atoms with Gasteiger partial charge in [0.1, 0.15) is 0 Å². The summed E-state index contributed by atoms with van der Waals surface area (Å²) in [6.45, 7) is 27.4. The van der Waals surface area contributed by atoms with Crippen molar-refractivity contribution in [3.63, 3.8) is 0 Å². The van der Waals surface area contributed by atoms with Gasteiger partial charge in [-0.3, -0.25) is 9.69 Å². The fraction of sp³-hybridized carbons (Fsp3) is 0.851. The van der Waals surface area contributed by atoms with Gasteiger partial charge >= 0.3 is 0 Å². The maximum Gasteiger partial charge on any atom is 0.161 e. The van der Waals surface area contributed by atoms with E-state index in [0.717, 1.165) is 50.4 Å². The van der Waals surface area contributed by atoms with Gasteiger partial charge in [0.25, 0.3) is 0 Å². The first-order valence-electron chi connectivity index (χ1n) is 22.4. The average molecular weight is 762 g/mol. The summed E-state index contributed by atoms with van der Waals surface area (Å²) in [4.78, 5) is 22.9. The molecule has 0 radical (unpaired) electrons. The predicted octanol–water partition coefficient (Wildman–Crippen LogP) is 10.0. The van der Waals surface area contributed by atoms with Crippen LogP contribution in [0.5, 0.6) is 0 Å². The summed E-state index contributed by atoms with van der Waals surface area (Å²) >= 11 is 4.24. The van der Waals surface area contributed by atoms with Gasteiger partial charge in [0, 0.05) is 81.8 Å². The molecule has 8 unspecified atom stereocenters. The molecule has 296 valence electrons. The van der Waals surface area contributed by atoms with Gasteiger partial charge in [-0.15, -0.1) is 0 Å². The molecule has 8 rings (SSSR count). The Morgan fingerprint density at radius 2 is 1.47 bits per heavy atom. The predicted molar refractivity (Wildman–Crippen MR) is 229 cm³/mol. The maximum atomic E-state index is 14.5. The van der Waals surface area contributed by atoms with Crippen molar-refractivity contribution in [2.45, 2.75) is 125 Å². The standard InChI is InChI=1S/C47H75N3OS2/c1-33(2)42-39(51)32-47(50(22-20-48-24-28-52-29-25-48)23-21-49-26-30-53-31-27-49)19-15-38-36(43(42)47)12-13-41-45(38,6)18-16-40-44(4,5)37(14-17-46(40,41)7)35-10-8-34(3)9-11-35/h10,14,33-34,36,38,40-41H,8-9,11-13,15-32H2,1-7H3. The zero-order valence-electron chi connectivity index (χ0n) is 34.9. The van der Waals surface area contributed by atoms with Crippen LogP contribution < -0.4 is 0 Å². The maximum absolute atomic E-state index is 14.5. The molecule has 3 saturated carbocycles. The fourth-order valence-corrected chi connectivity index (χ4v) is 16.7. The van der Waals surface area contributed by atoms with Crippen LogP contribution in [-0.4, -0.2) is 101 Å². The Morgan fingerprint density at radius 1 is 0.811 bits per heavy atom. The van der Waals surface area contributed by atoms with E-state index in [-0.39, 0.29) is 11.0 Å². The highest BCUT2D eigenvalue weighted by atomic mass is 32.2. The Kier molecular flexibility index (Phi) is 11.4. The van der Waals surface area contributed by atoms with E-state index in [2.05, 4.69) is 98.8 Å². The minimum atomic E-state index is -0.0626. The van der Waals surface area contributed by atoms with Crippen LogP contribution in [0.15, 0.2) is 34.4 Å². The molecular weight excluding hydrogens is 687 g/mol. The normalized spacial score (nSPS) is 40.8. The van der Waals surface area contributed by atoms with Crippen LogP contribution in [0, 0.1) is 51.8 Å². The van der Waals surface area contributed by atoms with E-state index in [9.17, 15) is 4.79 Å². The summed E-state index contributed by atoms with van der Waals surface area (Å²) in [6, 6.07) is 0. The molecule has 0 N–H and O–H groups in total. The van der Waals surface area contributed by atoms with Crippen molar-refractivity contribution in [2.75, 3.05) is 75.4 Å². The summed E-state index contributed by atoms with van der Waals surface area (Å²) in [5.74, 6) is 9.55. The van der Waals surface area contributed by atoms with Crippen molar-refractivity contribution < 1.29 is 4.79 Å². The molecule has 2 saturated heterocycles. The summed E-state index contributed by atoms with van der Waals surface area (Å²) in [7, 11) is 0. The molecule has 0 aromatic rings. The lowest BCUT2D eigenvalue weighted by Gasteiger charge is -2.68. The van der Waals surface area contributed by atoms with Crippen molar-refractivity contribution in [1.82, 2.24) is 14.7 Å². The van der Waals surface area contributed by atoms with Gasteiger partial charge in [0.05, 0.1) is 5.54 Å². The monoisotopic (exact) mass is 762 g/mol. The second-order valence-corrected chi connectivity index (χ2v) is 23.1. The second kappa shape index (κ2) is 15.3. The summed E-state index contributed by atoms with van der Waals surface area (Å²) < 4.78 is 0. The number of rotatable bonds is 9. The van der Waals surface area contributed by atoms with Crippen molar-refractivity contribution in [2.24, 2.45) is 51.8 Å². The zero-order chi connectivity index (χ0) is 37.2. The third-order valence-electron chi connectivity index (χ3n) is 17.3. The van der Waals surface area contributed by atoms with Gasteiger partial charge in [0.2, 0.25) is 0 Å². The third-order valence-corrected chi connectivity index (χ3v) is 19.2. The van der Waals surface area contributed by atoms with E-state index in [0.29, 0.717) is 34.4 Å². The molecule has 2 heterocycles. The smallest absolute Gasteiger partial charge is 0.161 e. The Labute approximate surface area is 333 Å². The molecule has 5 fully saturated rings. The van der Waals surface area contributed by atoms with Crippen LogP contribution in [0.3, 0.4) is 0 Å². The number of carbonyl (C=O) groups is 1. The number of allylic oxidation sites excluding steroid dienone is 5. The van der Waals surface area contributed by atoms with Crippen LogP contribution in [0.1, 0.15) is 119 Å². The van der Waals surface area contributed by atoms with Gasteiger partial charge in [-0.2, -0.15) is 23.5 Å². The van der Waals surface area contributed by atoms with E-state index in [4.69, 9.17) is 0 Å². The molecule has 8 aliphatic rings. The van der Waals surface area contributed by atoms with Crippen molar-refractivity contribution >= 4 is 29.3 Å². The molecule has 6 heteroatoms. The molecule has 0 bridgehead atoms. The number of nitrogens with zero attached hydrogens (tertiary/aromatic N) is 3. The Hall–Kier alpha value is -0.530. The summed E-state index contributed by atoms with van der Waals surface area (Å²) in [6.07, 6.45) is 19.2. The average Bonchev–Trinajstić information content (AvgIpc) is 3.46. The number of ketones is 1. The van der Waals surface area contributed by atoms with Crippen molar-refractivity contribution in [3.05, 3.63) is 34.4 Å². The quantitative estimate of drug-likeness (QED) is 0.232. The summed E-state index contributed by atoms with van der Waals surface area (Å²) in [5, 5.41) is 0. The molecular formula is C47H75N3OS2. The number of thioether (sulfide) groups is 2. The van der Waals surface area contributed by atoms with E-state index < -0.39 is 0 Å². The zero-order valence-corrected chi connectivity index (χ0v) is 36.6. The largest absolute Gasteiger partial charge is 0.300 e. The van der Waals surface area contributed by atoms with E-state index in [1.165, 1.54) is 119 Å². The lowest BCUT2D eigenvalue weighted by atomic mass is 9.37. The van der Waals surface area contributed by atoms with Crippen molar-refractivity contribution in [3.8, 4) is 0 Å². The Balaban J connectivity index is 1.10. The van der Waals surface area contributed by atoms with Gasteiger partial charge in [-0.25, -0.2) is 0 Å². The molecule has 0 amide bonds. The van der Waals surface area contributed by atoms with Crippen LogP contribution in [0.25, 0.3) is 0 Å². The van der Waals surface area contributed by atoms with Gasteiger partial charge in [0.15, 0.2) is 5.78 Å². The SMILES string of the molecule is CC1CC=C(C2=CCC3(C)C(CCC4(C)C5CCC6(N(CCN7CCSCC7)CCN7CCSCC7)CC(=O)C(C(C)C)=C6C5CCC43)C2(C)C)CC1. The minimum Gasteiger partial charge on any atom is -0.300 e. The first kappa shape index (κ1) is 39.3. The lowest BCUT2D eigenvalue weighted by molar-refractivity contribution is -0.160. The van der Waals surface area contributed by atoms with Gasteiger partial charge in [-0.05, 0) is 138 Å².